The van der Waals surface area contributed by atoms with Crippen LogP contribution in [0.25, 0.3) is 0 Å². The molecule has 2 amide bonds. The first-order valence-electron chi connectivity index (χ1n) is 6.86. The first-order valence-corrected chi connectivity index (χ1v) is 7.67. The van der Waals surface area contributed by atoms with Gasteiger partial charge in [-0.1, -0.05) is 0 Å². The van der Waals surface area contributed by atoms with Gasteiger partial charge in [-0.2, -0.15) is 0 Å². The number of amides is 2. The Balaban J connectivity index is 1.90. The van der Waals surface area contributed by atoms with E-state index in [1.54, 1.807) is 38.1 Å². The van der Waals surface area contributed by atoms with Gasteiger partial charge in [-0.3, -0.25) is 9.59 Å². The van der Waals surface area contributed by atoms with Crippen LogP contribution in [0.1, 0.15) is 35.5 Å². The molecule has 0 aliphatic carbocycles. The maximum Gasteiger partial charge on any atom is 0.309 e. The van der Waals surface area contributed by atoms with Crippen molar-refractivity contribution in [3.05, 3.63) is 46.0 Å². The van der Waals surface area contributed by atoms with Crippen LogP contribution in [0.4, 0.5) is 0 Å². The predicted octanol–water partition coefficient (Wildman–Crippen LogP) is 1.56. The lowest BCUT2D eigenvalue weighted by Crippen LogP contribution is -2.42. The molecule has 1 unspecified atom stereocenters. The van der Waals surface area contributed by atoms with Gasteiger partial charge in [-0.15, -0.1) is 11.3 Å². The van der Waals surface area contributed by atoms with Crippen LogP contribution in [-0.4, -0.2) is 23.0 Å². The number of aliphatic hydroxyl groups is 1. The van der Waals surface area contributed by atoms with E-state index in [0.29, 0.717) is 10.6 Å². The Kier molecular flexibility index (Phi) is 5.35. The molecule has 7 heteroatoms. The van der Waals surface area contributed by atoms with Gasteiger partial charge in [0.2, 0.25) is 0 Å². The van der Waals surface area contributed by atoms with Crippen molar-refractivity contribution < 1.29 is 19.1 Å². The van der Waals surface area contributed by atoms with Gasteiger partial charge in [0.25, 0.3) is 0 Å². The third-order valence-electron chi connectivity index (χ3n) is 2.81. The zero-order chi connectivity index (χ0) is 16.1. The van der Waals surface area contributed by atoms with Crippen molar-refractivity contribution in [3.63, 3.8) is 0 Å². The highest BCUT2D eigenvalue weighted by molar-refractivity contribution is 7.12. The van der Waals surface area contributed by atoms with Gasteiger partial charge in [-0.05, 0) is 38.1 Å². The van der Waals surface area contributed by atoms with E-state index in [4.69, 9.17) is 4.42 Å². The maximum atomic E-state index is 11.6. The molecule has 0 fully saturated rings. The summed E-state index contributed by atoms with van der Waals surface area (Å²) in [6.07, 6.45) is 0.675. The summed E-state index contributed by atoms with van der Waals surface area (Å²) in [4.78, 5) is 24.6. The summed E-state index contributed by atoms with van der Waals surface area (Å²) in [6.45, 7) is 3.80. The van der Waals surface area contributed by atoms with E-state index in [9.17, 15) is 14.7 Å². The van der Waals surface area contributed by atoms with Crippen molar-refractivity contribution in [1.82, 2.24) is 10.6 Å². The van der Waals surface area contributed by atoms with Crippen LogP contribution < -0.4 is 10.6 Å². The van der Waals surface area contributed by atoms with Crippen molar-refractivity contribution >= 4 is 23.2 Å². The summed E-state index contributed by atoms with van der Waals surface area (Å²) in [5.74, 6) is -0.855. The number of aliphatic hydroxyl groups excluding tert-OH is 1. The van der Waals surface area contributed by atoms with Crippen LogP contribution in [0.3, 0.4) is 0 Å². The third-order valence-corrected chi connectivity index (χ3v) is 3.95. The number of nitrogens with one attached hydrogen (secondary N) is 2. The molecule has 0 saturated carbocycles. The summed E-state index contributed by atoms with van der Waals surface area (Å²) < 4.78 is 5.16. The summed E-state index contributed by atoms with van der Waals surface area (Å²) >= 11 is 1.35. The Morgan fingerprint density at radius 1 is 1.27 bits per heavy atom. The second-order valence-corrected chi connectivity index (χ2v) is 6.23. The minimum absolute atomic E-state index is 0.0879. The van der Waals surface area contributed by atoms with Crippen LogP contribution >= 0.6 is 11.3 Å². The summed E-state index contributed by atoms with van der Waals surface area (Å²) in [7, 11) is 0. The number of rotatable bonds is 5. The second-order valence-electron chi connectivity index (χ2n) is 5.03. The average Bonchev–Trinajstić information content (AvgIpc) is 3.14. The molecular formula is C15H18N2O4S. The fourth-order valence-corrected chi connectivity index (χ4v) is 2.75. The number of carbonyl (C=O) groups excluding carboxylic acids is 2. The quantitative estimate of drug-likeness (QED) is 0.729. The van der Waals surface area contributed by atoms with Gasteiger partial charge in [-0.25, -0.2) is 0 Å². The summed E-state index contributed by atoms with van der Waals surface area (Å²) in [6, 6.07) is 6.89. The van der Waals surface area contributed by atoms with Crippen LogP contribution in [0, 0.1) is 0 Å². The van der Waals surface area contributed by atoms with Crippen LogP contribution in [0.15, 0.2) is 34.9 Å². The molecule has 3 N–H and O–H groups in total. The minimum Gasteiger partial charge on any atom is -0.466 e. The molecule has 0 spiro atoms. The normalized spacial score (nSPS) is 12.2. The Hall–Kier alpha value is -2.12. The van der Waals surface area contributed by atoms with E-state index in [1.165, 1.54) is 17.6 Å². The standard InChI is InChI=1S/C15H18N2O4S/c1-9(2)17-15(20)14(19)16-8-10-5-6-12(22-10)13(18)11-4-3-7-21-11/h3-7,9,13,18H,8H2,1-2H3,(H,16,19)(H,17,20). The second kappa shape index (κ2) is 7.24. The van der Waals surface area contributed by atoms with Crippen molar-refractivity contribution in [1.29, 1.82) is 0 Å². The highest BCUT2D eigenvalue weighted by Gasteiger charge is 2.17. The molecule has 2 rings (SSSR count). The molecule has 2 heterocycles. The van der Waals surface area contributed by atoms with Gasteiger partial charge >= 0.3 is 11.8 Å². The third kappa shape index (κ3) is 4.19. The van der Waals surface area contributed by atoms with E-state index in [2.05, 4.69) is 10.6 Å². The van der Waals surface area contributed by atoms with Gasteiger partial charge in [0.1, 0.15) is 11.9 Å². The van der Waals surface area contributed by atoms with Crippen molar-refractivity contribution in [2.24, 2.45) is 0 Å². The number of carbonyl (C=O) groups is 2. The molecule has 0 aliphatic rings. The first-order chi connectivity index (χ1) is 10.5. The SMILES string of the molecule is CC(C)NC(=O)C(=O)NCc1ccc(C(O)c2ccco2)s1. The highest BCUT2D eigenvalue weighted by Crippen LogP contribution is 2.28. The Morgan fingerprint density at radius 2 is 2.05 bits per heavy atom. The molecule has 118 valence electrons. The van der Waals surface area contributed by atoms with Crippen molar-refractivity contribution in [2.75, 3.05) is 0 Å². The van der Waals surface area contributed by atoms with Crippen LogP contribution in [0.5, 0.6) is 0 Å². The van der Waals surface area contributed by atoms with Crippen molar-refractivity contribution in [2.45, 2.75) is 32.5 Å². The number of hydrogen-bond acceptors (Lipinski definition) is 5. The minimum atomic E-state index is -0.825. The predicted molar refractivity (Wildman–Crippen MR) is 82.2 cm³/mol. The number of hydrogen-bond donors (Lipinski definition) is 3. The van der Waals surface area contributed by atoms with Crippen LogP contribution in [-0.2, 0) is 16.1 Å². The molecule has 2 aromatic heterocycles. The fourth-order valence-electron chi connectivity index (χ4n) is 1.80. The molecule has 2 aromatic rings. The Labute approximate surface area is 132 Å². The zero-order valence-electron chi connectivity index (χ0n) is 12.3. The molecule has 0 radical (unpaired) electrons. The Bertz CT molecular complexity index is 634. The lowest BCUT2D eigenvalue weighted by molar-refractivity contribution is -0.139. The lowest BCUT2D eigenvalue weighted by atomic mass is 10.2. The average molecular weight is 322 g/mol. The van der Waals surface area contributed by atoms with E-state index >= 15 is 0 Å². The lowest BCUT2D eigenvalue weighted by Gasteiger charge is -2.08. The van der Waals surface area contributed by atoms with Gasteiger partial charge in [0.15, 0.2) is 0 Å². The molecule has 0 saturated heterocycles. The molecule has 1 atom stereocenters. The van der Waals surface area contributed by atoms with Crippen molar-refractivity contribution in [3.8, 4) is 0 Å². The topological polar surface area (TPSA) is 91.6 Å². The number of thiophene rings is 1. The zero-order valence-corrected chi connectivity index (χ0v) is 13.1. The summed E-state index contributed by atoms with van der Waals surface area (Å²) in [5, 5.41) is 15.2. The van der Waals surface area contributed by atoms with Gasteiger partial charge in [0.05, 0.1) is 12.8 Å². The molecule has 0 aliphatic heterocycles. The van der Waals surface area contributed by atoms with Gasteiger partial charge < -0.3 is 20.2 Å². The van der Waals surface area contributed by atoms with E-state index < -0.39 is 17.9 Å². The maximum absolute atomic E-state index is 11.6. The Morgan fingerprint density at radius 3 is 2.68 bits per heavy atom. The van der Waals surface area contributed by atoms with E-state index in [1.807, 2.05) is 0 Å². The first kappa shape index (κ1) is 16.3. The van der Waals surface area contributed by atoms with Gasteiger partial charge in [0, 0.05) is 15.8 Å². The van der Waals surface area contributed by atoms with E-state index in [-0.39, 0.29) is 12.6 Å². The fraction of sp³-hybridized carbons (Fsp3) is 0.333. The molecular weight excluding hydrogens is 304 g/mol. The van der Waals surface area contributed by atoms with E-state index in [0.717, 1.165) is 4.88 Å². The smallest absolute Gasteiger partial charge is 0.309 e. The molecule has 22 heavy (non-hydrogen) atoms. The number of furan rings is 1. The molecule has 6 nitrogen and oxygen atoms in total. The highest BCUT2D eigenvalue weighted by atomic mass is 32.1. The molecule has 0 bridgehead atoms. The summed E-state index contributed by atoms with van der Waals surface area (Å²) in [5.41, 5.74) is 0. The van der Waals surface area contributed by atoms with Crippen LogP contribution in [0.2, 0.25) is 0 Å². The largest absolute Gasteiger partial charge is 0.466 e. The molecule has 0 aromatic carbocycles. The monoisotopic (exact) mass is 322 g/mol.